The van der Waals surface area contributed by atoms with Crippen molar-refractivity contribution in [2.24, 2.45) is 11.8 Å². The first-order valence-corrected chi connectivity index (χ1v) is 8.15. The molecule has 116 valence electrons. The fourth-order valence-electron chi connectivity index (χ4n) is 2.88. The predicted octanol–water partition coefficient (Wildman–Crippen LogP) is 1.04. The zero-order chi connectivity index (χ0) is 15.1. The summed E-state index contributed by atoms with van der Waals surface area (Å²) in [6.07, 6.45) is 6.83. The summed E-state index contributed by atoms with van der Waals surface area (Å²) >= 11 is 0. The van der Waals surface area contributed by atoms with Gasteiger partial charge in [0.2, 0.25) is 5.91 Å². The number of piperidine rings is 1. The molecule has 0 aliphatic carbocycles. The molecular weight excluding hydrogens is 262 g/mol. The highest BCUT2D eigenvalue weighted by atomic mass is 16.1. The summed E-state index contributed by atoms with van der Waals surface area (Å²) in [6, 6.07) is 4.12. The maximum Gasteiger partial charge on any atom is 0.223 e. The normalized spacial score (nSPS) is 22.2. The Kier molecular flexibility index (Phi) is 6.18. The summed E-state index contributed by atoms with van der Waals surface area (Å²) in [7, 11) is 0. The van der Waals surface area contributed by atoms with Crippen LogP contribution in [0.25, 0.3) is 0 Å². The van der Waals surface area contributed by atoms with Gasteiger partial charge in [-0.3, -0.25) is 9.78 Å². The number of rotatable bonds is 6. The molecule has 0 spiro atoms. The first-order chi connectivity index (χ1) is 10.1. The summed E-state index contributed by atoms with van der Waals surface area (Å²) < 4.78 is 0. The molecule has 0 unspecified atom stereocenters. The van der Waals surface area contributed by atoms with Gasteiger partial charge < -0.3 is 10.2 Å². The van der Waals surface area contributed by atoms with Crippen LogP contribution in [0.3, 0.4) is 0 Å². The highest BCUT2D eigenvalue weighted by molar-refractivity contribution is 5.78. The maximum atomic E-state index is 12.1. The zero-order valence-corrected chi connectivity index (χ0v) is 13.3. The van der Waals surface area contributed by atoms with E-state index in [-0.39, 0.29) is 11.8 Å². The third-order valence-electron chi connectivity index (χ3n) is 4.26. The largest absolute Gasteiger partial charge is 0.356 e. The minimum Gasteiger partial charge on any atom is -0.356 e. The van der Waals surface area contributed by atoms with Gasteiger partial charge in [0, 0.05) is 43.3 Å². The molecule has 1 aromatic rings. The number of likely N-dealkylation sites (tertiary alicyclic amines) is 1. The van der Waals surface area contributed by atoms with E-state index in [0.717, 1.165) is 45.4 Å². The second-order valence-electron chi connectivity index (χ2n) is 6.54. The second-order valence-corrected chi connectivity index (χ2v) is 6.54. The van der Waals surface area contributed by atoms with E-state index in [1.54, 1.807) is 4.90 Å². The molecule has 0 aromatic carbocycles. The van der Waals surface area contributed by atoms with Crippen molar-refractivity contribution in [3.63, 3.8) is 0 Å². The highest BCUT2D eigenvalue weighted by Gasteiger charge is 2.27. The van der Waals surface area contributed by atoms with Gasteiger partial charge >= 0.3 is 0 Å². The molecule has 4 heteroatoms. The molecule has 2 heterocycles. The molecule has 4 nitrogen and oxygen atoms in total. The Morgan fingerprint density at radius 1 is 1.43 bits per heavy atom. The lowest BCUT2D eigenvalue weighted by Crippen LogP contribution is -3.11. The van der Waals surface area contributed by atoms with Crippen LogP contribution in [0.2, 0.25) is 0 Å². The second kappa shape index (κ2) is 8.13. The summed E-state index contributed by atoms with van der Waals surface area (Å²) in [4.78, 5) is 17.8. The van der Waals surface area contributed by atoms with E-state index in [2.05, 4.69) is 30.2 Å². The van der Waals surface area contributed by atoms with Crippen LogP contribution >= 0.6 is 0 Å². The highest BCUT2D eigenvalue weighted by Crippen LogP contribution is 2.10. The molecule has 1 amide bonds. The Labute approximate surface area is 127 Å². The van der Waals surface area contributed by atoms with Crippen LogP contribution in [0.1, 0.15) is 38.7 Å². The fraction of sp³-hybridized carbons (Fsp3) is 0.647. The zero-order valence-electron chi connectivity index (χ0n) is 13.3. The van der Waals surface area contributed by atoms with Crippen LogP contribution in [-0.4, -0.2) is 30.5 Å². The van der Waals surface area contributed by atoms with Gasteiger partial charge in [-0.2, -0.15) is 0 Å². The quantitative estimate of drug-likeness (QED) is 0.822. The third-order valence-corrected chi connectivity index (χ3v) is 4.26. The van der Waals surface area contributed by atoms with Crippen LogP contribution in [0.5, 0.6) is 0 Å². The van der Waals surface area contributed by atoms with Crippen molar-refractivity contribution in [1.29, 1.82) is 0 Å². The van der Waals surface area contributed by atoms with E-state index in [9.17, 15) is 4.79 Å². The van der Waals surface area contributed by atoms with Crippen molar-refractivity contribution in [2.75, 3.05) is 19.6 Å². The lowest BCUT2D eigenvalue weighted by Gasteiger charge is -2.28. The number of hydrogen-bond donors (Lipinski definition) is 2. The first kappa shape index (κ1) is 16.0. The lowest BCUT2D eigenvalue weighted by molar-refractivity contribution is -0.919. The summed E-state index contributed by atoms with van der Waals surface area (Å²) in [5, 5.41) is 3.09. The van der Waals surface area contributed by atoms with E-state index in [4.69, 9.17) is 0 Å². The Morgan fingerprint density at radius 3 is 2.81 bits per heavy atom. The topological polar surface area (TPSA) is 46.4 Å². The lowest BCUT2D eigenvalue weighted by atomic mass is 9.95. The Hall–Kier alpha value is -1.42. The number of nitrogens with one attached hydrogen (secondary N) is 2. The van der Waals surface area contributed by atoms with E-state index < -0.39 is 0 Å². The molecule has 1 aliphatic heterocycles. The van der Waals surface area contributed by atoms with Crippen molar-refractivity contribution in [1.82, 2.24) is 10.3 Å². The Morgan fingerprint density at radius 2 is 2.19 bits per heavy atom. The molecule has 0 atom stereocenters. The number of carbonyl (C=O) groups is 1. The van der Waals surface area contributed by atoms with Crippen molar-refractivity contribution >= 4 is 5.91 Å². The van der Waals surface area contributed by atoms with E-state index in [1.165, 1.54) is 5.56 Å². The summed E-state index contributed by atoms with van der Waals surface area (Å²) in [6.45, 7) is 8.38. The van der Waals surface area contributed by atoms with Crippen molar-refractivity contribution < 1.29 is 9.69 Å². The van der Waals surface area contributed by atoms with Crippen molar-refractivity contribution in [3.05, 3.63) is 30.1 Å². The number of hydrogen-bond acceptors (Lipinski definition) is 2. The molecule has 1 aliphatic rings. The predicted molar refractivity (Wildman–Crippen MR) is 83.8 cm³/mol. The van der Waals surface area contributed by atoms with Crippen LogP contribution in [0, 0.1) is 11.8 Å². The average molecular weight is 290 g/mol. The van der Waals surface area contributed by atoms with Gasteiger partial charge in [-0.25, -0.2) is 0 Å². The summed E-state index contributed by atoms with van der Waals surface area (Å²) in [5.41, 5.74) is 1.28. The summed E-state index contributed by atoms with van der Waals surface area (Å²) in [5.74, 6) is 1.13. The van der Waals surface area contributed by atoms with Crippen molar-refractivity contribution in [3.8, 4) is 0 Å². The Bertz CT molecular complexity index is 425. The SMILES string of the molecule is CC(C)CCNC(=O)C1CC[NH+](Cc2cccnc2)CC1. The molecular formula is C17H28N3O+. The van der Waals surface area contributed by atoms with Gasteiger partial charge in [0.25, 0.3) is 0 Å². The van der Waals surface area contributed by atoms with Crippen LogP contribution < -0.4 is 10.2 Å². The van der Waals surface area contributed by atoms with Crippen LogP contribution in [0.15, 0.2) is 24.5 Å². The third kappa shape index (κ3) is 5.46. The molecule has 0 bridgehead atoms. The molecule has 2 N–H and O–H groups in total. The standard InChI is InChI=1S/C17H27N3O/c1-14(2)5-9-19-17(21)16-6-10-20(11-7-16)13-15-4-3-8-18-12-15/h3-4,8,12,14,16H,5-7,9-11,13H2,1-2H3,(H,19,21)/p+1. The molecule has 1 fully saturated rings. The van der Waals surface area contributed by atoms with Gasteiger partial charge in [0.05, 0.1) is 13.1 Å². The number of quaternary nitrogens is 1. The number of pyridine rings is 1. The van der Waals surface area contributed by atoms with Crippen LogP contribution in [0.4, 0.5) is 0 Å². The van der Waals surface area contributed by atoms with Gasteiger partial charge in [0.15, 0.2) is 0 Å². The smallest absolute Gasteiger partial charge is 0.223 e. The average Bonchev–Trinajstić information content (AvgIpc) is 2.48. The first-order valence-electron chi connectivity index (χ1n) is 8.15. The Balaban J connectivity index is 1.69. The van der Waals surface area contributed by atoms with Crippen molar-refractivity contribution in [2.45, 2.75) is 39.7 Å². The van der Waals surface area contributed by atoms with Gasteiger partial charge in [-0.15, -0.1) is 0 Å². The number of amides is 1. The van der Waals surface area contributed by atoms with Gasteiger partial charge in [0.1, 0.15) is 6.54 Å². The molecule has 2 rings (SSSR count). The monoisotopic (exact) mass is 290 g/mol. The molecule has 1 aromatic heterocycles. The van der Waals surface area contributed by atoms with Gasteiger partial charge in [-0.05, 0) is 18.4 Å². The maximum absolute atomic E-state index is 12.1. The van der Waals surface area contributed by atoms with Gasteiger partial charge in [-0.1, -0.05) is 19.9 Å². The fourth-order valence-corrected chi connectivity index (χ4v) is 2.88. The number of nitrogens with zero attached hydrogens (tertiary/aromatic N) is 1. The number of carbonyl (C=O) groups excluding carboxylic acids is 1. The van der Waals surface area contributed by atoms with E-state index in [0.29, 0.717) is 5.92 Å². The molecule has 0 saturated carbocycles. The number of aromatic nitrogens is 1. The van der Waals surface area contributed by atoms with E-state index >= 15 is 0 Å². The minimum atomic E-state index is 0.217. The molecule has 21 heavy (non-hydrogen) atoms. The molecule has 1 saturated heterocycles. The molecule has 0 radical (unpaired) electrons. The minimum absolute atomic E-state index is 0.217. The van der Waals surface area contributed by atoms with E-state index in [1.807, 2.05) is 18.5 Å². The van der Waals surface area contributed by atoms with Crippen LogP contribution in [-0.2, 0) is 11.3 Å².